The lowest BCUT2D eigenvalue weighted by Gasteiger charge is -2.07. The van der Waals surface area contributed by atoms with Crippen LogP contribution in [0, 0.1) is 0 Å². The fourth-order valence-corrected chi connectivity index (χ4v) is 2.69. The average molecular weight is 304 g/mol. The van der Waals surface area contributed by atoms with Crippen molar-refractivity contribution >= 4 is 38.1 Å². The monoisotopic (exact) mass is 304 g/mol. The second-order valence-corrected chi connectivity index (χ2v) is 7.61. The molecule has 2 rings (SSSR count). The number of nitrogens with one attached hydrogen (secondary N) is 2. The van der Waals surface area contributed by atoms with Crippen molar-refractivity contribution in [3.8, 4) is 0 Å². The molecule has 0 aromatic carbocycles. The number of nitrogens with zero attached hydrogens (tertiary/aromatic N) is 1. The molecule has 0 aliphatic heterocycles. The van der Waals surface area contributed by atoms with Crippen molar-refractivity contribution in [1.29, 1.82) is 0 Å². The molecule has 1 aromatic heterocycles. The minimum atomic E-state index is -3.04. The number of sulfone groups is 1. The maximum atomic E-state index is 12.0. The number of anilines is 2. The molecule has 9 heteroatoms. The summed E-state index contributed by atoms with van der Waals surface area (Å²) in [5.74, 6) is -0.0882. The van der Waals surface area contributed by atoms with Crippen LogP contribution < -0.4 is 16.4 Å². The topological polar surface area (TPSA) is 114 Å². The molecule has 1 aromatic rings. The highest BCUT2D eigenvalue weighted by molar-refractivity contribution is 7.90. The van der Waals surface area contributed by atoms with E-state index in [9.17, 15) is 13.2 Å². The fourth-order valence-electron chi connectivity index (χ4n) is 1.48. The van der Waals surface area contributed by atoms with Crippen molar-refractivity contribution in [2.45, 2.75) is 18.9 Å². The molecule has 1 amide bonds. The third-order valence-electron chi connectivity index (χ3n) is 2.62. The van der Waals surface area contributed by atoms with Crippen LogP contribution in [-0.4, -0.2) is 43.3 Å². The largest absolute Gasteiger partial charge is 0.382 e. The highest BCUT2D eigenvalue weighted by atomic mass is 32.2. The molecular formula is C10H16N4O3S2. The number of hydrogen-bond acceptors (Lipinski definition) is 7. The second-order valence-electron chi connectivity index (χ2n) is 4.58. The van der Waals surface area contributed by atoms with E-state index in [1.165, 1.54) is 0 Å². The van der Waals surface area contributed by atoms with E-state index in [4.69, 9.17) is 5.73 Å². The third kappa shape index (κ3) is 4.06. The van der Waals surface area contributed by atoms with Crippen LogP contribution in [0.2, 0.25) is 0 Å². The van der Waals surface area contributed by atoms with Gasteiger partial charge < -0.3 is 16.4 Å². The molecule has 1 aliphatic rings. The molecule has 0 saturated heterocycles. The maximum absolute atomic E-state index is 12.0. The first kappa shape index (κ1) is 14.1. The molecule has 0 radical (unpaired) electrons. The van der Waals surface area contributed by atoms with Crippen LogP contribution in [0.5, 0.6) is 0 Å². The van der Waals surface area contributed by atoms with E-state index in [2.05, 4.69) is 15.0 Å². The highest BCUT2D eigenvalue weighted by Crippen LogP contribution is 2.28. The summed E-state index contributed by atoms with van der Waals surface area (Å²) < 4.78 is 26.0. The van der Waals surface area contributed by atoms with Gasteiger partial charge in [-0.3, -0.25) is 4.79 Å². The van der Waals surface area contributed by atoms with Crippen LogP contribution >= 0.6 is 11.5 Å². The summed E-state index contributed by atoms with van der Waals surface area (Å²) in [6.07, 6.45) is 3.14. The molecule has 0 bridgehead atoms. The predicted molar refractivity (Wildman–Crippen MR) is 75.2 cm³/mol. The SMILES string of the molecule is CS(=O)(=O)CCNc1snc(N)c1C(=O)NC1CC1. The van der Waals surface area contributed by atoms with Crippen LogP contribution in [0.1, 0.15) is 23.2 Å². The molecule has 106 valence electrons. The van der Waals surface area contributed by atoms with Gasteiger partial charge in [-0.2, -0.15) is 4.37 Å². The minimum Gasteiger partial charge on any atom is -0.382 e. The van der Waals surface area contributed by atoms with Crippen molar-refractivity contribution in [2.24, 2.45) is 0 Å². The van der Waals surface area contributed by atoms with Gasteiger partial charge in [-0.05, 0) is 24.4 Å². The van der Waals surface area contributed by atoms with Crippen LogP contribution in [0.4, 0.5) is 10.8 Å². The maximum Gasteiger partial charge on any atom is 0.258 e. The van der Waals surface area contributed by atoms with Crippen molar-refractivity contribution in [1.82, 2.24) is 9.69 Å². The van der Waals surface area contributed by atoms with Gasteiger partial charge in [0.2, 0.25) is 0 Å². The van der Waals surface area contributed by atoms with E-state index in [1.807, 2.05) is 0 Å². The van der Waals surface area contributed by atoms with Crippen molar-refractivity contribution in [2.75, 3.05) is 29.6 Å². The van der Waals surface area contributed by atoms with E-state index in [0.717, 1.165) is 30.6 Å². The van der Waals surface area contributed by atoms with E-state index in [-0.39, 0.29) is 30.1 Å². The minimum absolute atomic E-state index is 0.00547. The molecule has 0 atom stereocenters. The van der Waals surface area contributed by atoms with Gasteiger partial charge in [-0.15, -0.1) is 0 Å². The summed E-state index contributed by atoms with van der Waals surface area (Å²) in [6, 6.07) is 0.232. The zero-order chi connectivity index (χ0) is 14.0. The lowest BCUT2D eigenvalue weighted by atomic mass is 10.3. The molecule has 7 nitrogen and oxygen atoms in total. The molecule has 1 saturated carbocycles. The summed E-state index contributed by atoms with van der Waals surface area (Å²) in [4.78, 5) is 12.0. The number of amides is 1. The zero-order valence-corrected chi connectivity index (χ0v) is 12.1. The normalized spacial score (nSPS) is 15.2. The van der Waals surface area contributed by atoms with Crippen LogP contribution in [0.3, 0.4) is 0 Å². The van der Waals surface area contributed by atoms with E-state index in [0.29, 0.717) is 10.6 Å². The lowest BCUT2D eigenvalue weighted by molar-refractivity contribution is 0.0953. The van der Waals surface area contributed by atoms with E-state index >= 15 is 0 Å². The van der Waals surface area contributed by atoms with Crippen molar-refractivity contribution in [3.63, 3.8) is 0 Å². The van der Waals surface area contributed by atoms with Crippen LogP contribution in [-0.2, 0) is 9.84 Å². The average Bonchev–Trinajstić information content (AvgIpc) is 3.00. The first-order chi connectivity index (χ1) is 8.87. The van der Waals surface area contributed by atoms with Crippen LogP contribution in [0.25, 0.3) is 0 Å². The summed E-state index contributed by atoms with van der Waals surface area (Å²) in [6.45, 7) is 0.226. The Bertz CT molecular complexity index is 578. The Morgan fingerprint density at radius 2 is 2.21 bits per heavy atom. The standard InChI is InChI=1S/C10H16N4O3S2/c1-19(16,17)5-4-12-10-7(8(11)14-18-10)9(15)13-6-2-3-6/h6,12H,2-5H2,1H3,(H2,11,14)(H,13,15). The first-order valence-corrected chi connectivity index (χ1v) is 8.68. The Morgan fingerprint density at radius 1 is 1.53 bits per heavy atom. The van der Waals surface area contributed by atoms with Gasteiger partial charge in [-0.25, -0.2) is 8.42 Å². The molecule has 0 unspecified atom stereocenters. The Labute approximate surface area is 115 Å². The Hall–Kier alpha value is -1.35. The summed E-state index contributed by atoms with van der Waals surface area (Å²) in [7, 11) is -3.04. The van der Waals surface area contributed by atoms with Gasteiger partial charge >= 0.3 is 0 Å². The van der Waals surface area contributed by atoms with Gasteiger partial charge in [0, 0.05) is 18.8 Å². The fraction of sp³-hybridized carbons (Fsp3) is 0.600. The molecular weight excluding hydrogens is 288 g/mol. The molecule has 0 spiro atoms. The van der Waals surface area contributed by atoms with Gasteiger partial charge in [0.15, 0.2) is 5.82 Å². The number of nitrogens with two attached hydrogens (primary N) is 1. The second kappa shape index (κ2) is 5.33. The Balaban J connectivity index is 2.02. The van der Waals surface area contributed by atoms with Gasteiger partial charge in [-0.1, -0.05) is 0 Å². The molecule has 1 heterocycles. The number of carbonyl (C=O) groups excluding carboxylic acids is 1. The number of aromatic nitrogens is 1. The van der Waals surface area contributed by atoms with E-state index in [1.54, 1.807) is 0 Å². The number of nitrogen functional groups attached to an aromatic ring is 1. The molecule has 1 fully saturated rings. The summed E-state index contributed by atoms with van der Waals surface area (Å²) in [5.41, 5.74) is 5.99. The van der Waals surface area contributed by atoms with Gasteiger partial charge in [0.25, 0.3) is 5.91 Å². The Morgan fingerprint density at radius 3 is 2.79 bits per heavy atom. The summed E-state index contributed by atoms with van der Waals surface area (Å²) in [5, 5.41) is 6.25. The van der Waals surface area contributed by atoms with Gasteiger partial charge in [0.1, 0.15) is 20.4 Å². The van der Waals surface area contributed by atoms with Crippen LogP contribution in [0.15, 0.2) is 0 Å². The predicted octanol–water partition coefficient (Wildman–Crippen LogP) is 0.0740. The third-order valence-corrected chi connectivity index (χ3v) is 4.38. The molecule has 19 heavy (non-hydrogen) atoms. The Kier molecular flexibility index (Phi) is 3.95. The number of hydrogen-bond donors (Lipinski definition) is 3. The van der Waals surface area contributed by atoms with E-state index < -0.39 is 9.84 Å². The molecule has 4 N–H and O–H groups in total. The quantitative estimate of drug-likeness (QED) is 0.685. The highest BCUT2D eigenvalue weighted by Gasteiger charge is 2.27. The smallest absolute Gasteiger partial charge is 0.258 e. The number of carbonyl (C=O) groups is 1. The van der Waals surface area contributed by atoms with Gasteiger partial charge in [0.05, 0.1) is 5.75 Å². The molecule has 1 aliphatic carbocycles. The summed E-state index contributed by atoms with van der Waals surface area (Å²) >= 11 is 1.06. The van der Waals surface area contributed by atoms with Crippen molar-refractivity contribution in [3.05, 3.63) is 5.56 Å². The van der Waals surface area contributed by atoms with Crippen molar-refractivity contribution < 1.29 is 13.2 Å². The zero-order valence-electron chi connectivity index (χ0n) is 10.5. The number of rotatable bonds is 6. The first-order valence-electron chi connectivity index (χ1n) is 5.84. The lowest BCUT2D eigenvalue weighted by Crippen LogP contribution is -2.27.